The number of halogens is 1. The summed E-state index contributed by atoms with van der Waals surface area (Å²) in [5.74, 6) is -0.637. The summed E-state index contributed by atoms with van der Waals surface area (Å²) in [6.07, 6.45) is 0. The third-order valence-electron chi connectivity index (χ3n) is 2.09. The van der Waals surface area contributed by atoms with E-state index in [1.807, 2.05) is 0 Å². The fourth-order valence-corrected chi connectivity index (χ4v) is 1.74. The number of aromatic carboxylic acids is 1. The number of benzene rings is 1. The highest BCUT2D eigenvalue weighted by Crippen LogP contribution is 2.21. The van der Waals surface area contributed by atoms with Crippen LogP contribution in [0.3, 0.4) is 0 Å². The van der Waals surface area contributed by atoms with Crippen LogP contribution in [0.25, 0.3) is 0 Å². The minimum atomic E-state index is -0.996. The third-order valence-corrected chi connectivity index (χ3v) is 2.76. The smallest absolute Gasteiger partial charge is 0.339 e. The maximum atomic E-state index is 11.0. The van der Waals surface area contributed by atoms with Crippen molar-refractivity contribution in [1.82, 2.24) is 0 Å². The summed E-state index contributed by atoms with van der Waals surface area (Å²) in [6.45, 7) is 1.74. The van der Waals surface area contributed by atoms with Crippen LogP contribution in [-0.4, -0.2) is 44.6 Å². The van der Waals surface area contributed by atoms with Crippen molar-refractivity contribution in [1.29, 1.82) is 0 Å². The molecule has 0 bridgehead atoms. The molecule has 0 heterocycles. The van der Waals surface area contributed by atoms with E-state index in [0.29, 0.717) is 32.2 Å². The first-order chi connectivity index (χ1) is 8.65. The second kappa shape index (κ2) is 8.28. The van der Waals surface area contributed by atoms with E-state index in [0.717, 1.165) is 3.57 Å². The molecule has 0 aliphatic rings. The van der Waals surface area contributed by atoms with E-state index in [4.69, 9.17) is 19.3 Å². The lowest BCUT2D eigenvalue weighted by molar-refractivity contribution is 0.0535. The molecule has 0 spiro atoms. The summed E-state index contributed by atoms with van der Waals surface area (Å²) in [5, 5.41) is 9.03. The molecule has 6 heteroatoms. The Bertz CT molecular complexity index is 394. The summed E-state index contributed by atoms with van der Waals surface area (Å²) >= 11 is 2.06. The fraction of sp³-hybridized carbons (Fsp3) is 0.417. The Labute approximate surface area is 119 Å². The summed E-state index contributed by atoms with van der Waals surface area (Å²) in [7, 11) is 1.60. The number of methoxy groups -OCH3 is 1. The molecule has 0 atom stereocenters. The van der Waals surface area contributed by atoms with Gasteiger partial charge in [0.1, 0.15) is 17.9 Å². The SMILES string of the molecule is COCCOCCOc1ccc(I)cc1C(=O)O. The molecule has 0 radical (unpaired) electrons. The van der Waals surface area contributed by atoms with Crippen LogP contribution >= 0.6 is 22.6 Å². The van der Waals surface area contributed by atoms with Gasteiger partial charge in [-0.05, 0) is 40.8 Å². The second-order valence-corrected chi connectivity index (χ2v) is 4.64. The summed E-state index contributed by atoms with van der Waals surface area (Å²) in [6, 6.07) is 5.03. The Morgan fingerprint density at radius 1 is 1.28 bits per heavy atom. The zero-order valence-electron chi connectivity index (χ0n) is 10.0. The molecule has 0 saturated carbocycles. The topological polar surface area (TPSA) is 65.0 Å². The Balaban J connectivity index is 2.44. The normalized spacial score (nSPS) is 10.3. The van der Waals surface area contributed by atoms with Crippen molar-refractivity contribution in [3.63, 3.8) is 0 Å². The van der Waals surface area contributed by atoms with Crippen LogP contribution in [0.4, 0.5) is 0 Å². The van der Waals surface area contributed by atoms with Crippen molar-refractivity contribution in [2.24, 2.45) is 0 Å². The van der Waals surface area contributed by atoms with Gasteiger partial charge >= 0.3 is 5.97 Å². The van der Waals surface area contributed by atoms with Gasteiger partial charge in [-0.15, -0.1) is 0 Å². The monoisotopic (exact) mass is 366 g/mol. The van der Waals surface area contributed by atoms with Gasteiger partial charge in [-0.2, -0.15) is 0 Å². The fourth-order valence-electron chi connectivity index (χ4n) is 1.25. The summed E-state index contributed by atoms with van der Waals surface area (Å²) < 4.78 is 16.3. The first-order valence-corrected chi connectivity index (χ1v) is 6.45. The van der Waals surface area contributed by atoms with Gasteiger partial charge in [-0.1, -0.05) is 0 Å². The average molecular weight is 366 g/mol. The Kier molecular flexibility index (Phi) is 6.99. The molecule has 1 aromatic rings. The third kappa shape index (κ3) is 5.19. The van der Waals surface area contributed by atoms with Crippen molar-refractivity contribution in [3.05, 3.63) is 27.3 Å². The van der Waals surface area contributed by atoms with E-state index in [1.165, 1.54) is 0 Å². The molecule has 0 aliphatic carbocycles. The zero-order chi connectivity index (χ0) is 13.4. The van der Waals surface area contributed by atoms with Crippen LogP contribution < -0.4 is 4.74 Å². The number of hydrogen-bond acceptors (Lipinski definition) is 4. The van der Waals surface area contributed by atoms with Crippen molar-refractivity contribution in [2.75, 3.05) is 33.5 Å². The molecule has 0 amide bonds. The maximum Gasteiger partial charge on any atom is 0.339 e. The lowest BCUT2D eigenvalue weighted by atomic mass is 10.2. The lowest BCUT2D eigenvalue weighted by Gasteiger charge is -2.09. The number of hydrogen-bond donors (Lipinski definition) is 1. The van der Waals surface area contributed by atoms with Crippen LogP contribution in [-0.2, 0) is 9.47 Å². The van der Waals surface area contributed by atoms with E-state index in [-0.39, 0.29) is 5.56 Å². The van der Waals surface area contributed by atoms with Crippen molar-refractivity contribution in [2.45, 2.75) is 0 Å². The van der Waals surface area contributed by atoms with Crippen LogP contribution in [0.15, 0.2) is 18.2 Å². The molecule has 0 unspecified atom stereocenters. The predicted octanol–water partition coefficient (Wildman–Crippen LogP) is 2.03. The van der Waals surface area contributed by atoms with E-state index in [2.05, 4.69) is 22.6 Å². The van der Waals surface area contributed by atoms with Crippen LogP contribution in [0.2, 0.25) is 0 Å². The first kappa shape index (κ1) is 15.2. The van der Waals surface area contributed by atoms with E-state index < -0.39 is 5.97 Å². The Morgan fingerprint density at radius 2 is 2.00 bits per heavy atom. The number of ether oxygens (including phenoxy) is 3. The van der Waals surface area contributed by atoms with Gasteiger partial charge in [0.2, 0.25) is 0 Å². The van der Waals surface area contributed by atoms with Gasteiger partial charge in [0.15, 0.2) is 0 Å². The van der Waals surface area contributed by atoms with Gasteiger partial charge in [-0.3, -0.25) is 0 Å². The van der Waals surface area contributed by atoms with Crippen LogP contribution in [0.1, 0.15) is 10.4 Å². The van der Waals surface area contributed by atoms with Gasteiger partial charge in [-0.25, -0.2) is 4.79 Å². The Morgan fingerprint density at radius 3 is 2.67 bits per heavy atom. The van der Waals surface area contributed by atoms with E-state index >= 15 is 0 Å². The molecule has 0 aliphatic heterocycles. The minimum Gasteiger partial charge on any atom is -0.490 e. The van der Waals surface area contributed by atoms with E-state index in [1.54, 1.807) is 25.3 Å². The van der Waals surface area contributed by atoms with Crippen LogP contribution in [0.5, 0.6) is 5.75 Å². The molecule has 1 rings (SSSR count). The summed E-state index contributed by atoms with van der Waals surface area (Å²) in [4.78, 5) is 11.0. The van der Waals surface area contributed by atoms with Gasteiger partial charge in [0.25, 0.3) is 0 Å². The number of carboxylic acids is 1. The van der Waals surface area contributed by atoms with Gasteiger partial charge in [0, 0.05) is 10.7 Å². The number of rotatable bonds is 8. The first-order valence-electron chi connectivity index (χ1n) is 5.37. The molecule has 1 N–H and O–H groups in total. The molecular weight excluding hydrogens is 351 g/mol. The van der Waals surface area contributed by atoms with Crippen LogP contribution in [0, 0.1) is 3.57 Å². The molecule has 0 fully saturated rings. The standard InChI is InChI=1S/C12H15IO5/c1-16-4-5-17-6-7-18-11-3-2-9(13)8-10(11)12(14)15/h2-3,8H,4-7H2,1H3,(H,14,15). The average Bonchev–Trinajstić information content (AvgIpc) is 2.35. The molecule has 100 valence electrons. The number of carboxylic acid groups (broad SMARTS) is 1. The maximum absolute atomic E-state index is 11.0. The van der Waals surface area contributed by atoms with Gasteiger partial charge < -0.3 is 19.3 Å². The quantitative estimate of drug-likeness (QED) is 0.564. The van der Waals surface area contributed by atoms with E-state index in [9.17, 15) is 4.79 Å². The van der Waals surface area contributed by atoms with Crippen molar-refractivity contribution < 1.29 is 24.1 Å². The second-order valence-electron chi connectivity index (χ2n) is 3.40. The van der Waals surface area contributed by atoms with Crippen molar-refractivity contribution in [3.8, 4) is 5.75 Å². The minimum absolute atomic E-state index is 0.166. The highest BCUT2D eigenvalue weighted by atomic mass is 127. The molecule has 0 saturated heterocycles. The van der Waals surface area contributed by atoms with Crippen molar-refractivity contribution >= 4 is 28.6 Å². The molecule has 18 heavy (non-hydrogen) atoms. The molecule has 0 aromatic heterocycles. The zero-order valence-corrected chi connectivity index (χ0v) is 12.2. The molecule has 1 aromatic carbocycles. The largest absolute Gasteiger partial charge is 0.490 e. The number of carbonyl (C=O) groups is 1. The highest BCUT2D eigenvalue weighted by molar-refractivity contribution is 14.1. The summed E-state index contributed by atoms with van der Waals surface area (Å²) in [5.41, 5.74) is 0.166. The van der Waals surface area contributed by atoms with Gasteiger partial charge in [0.05, 0.1) is 19.8 Å². The Hall–Kier alpha value is -0.860. The highest BCUT2D eigenvalue weighted by Gasteiger charge is 2.11. The predicted molar refractivity (Wildman–Crippen MR) is 74.3 cm³/mol. The lowest BCUT2D eigenvalue weighted by Crippen LogP contribution is -2.11. The molecular formula is C12H15IO5. The molecule has 5 nitrogen and oxygen atoms in total.